The Morgan fingerprint density at radius 1 is 1.24 bits per heavy atom. The van der Waals surface area contributed by atoms with E-state index in [2.05, 4.69) is 30.1 Å². The van der Waals surface area contributed by atoms with Crippen molar-refractivity contribution in [2.45, 2.75) is 57.0 Å². The highest BCUT2D eigenvalue weighted by molar-refractivity contribution is 7.98. The maximum Gasteiger partial charge on any atom is 0.336 e. The second kappa shape index (κ2) is 9.66. The number of benzene rings is 1. The number of nitrogens with zero attached hydrogens (tertiary/aromatic N) is 3. The second-order valence-corrected chi connectivity index (χ2v) is 9.21. The highest BCUT2D eigenvalue weighted by atomic mass is 32.2. The van der Waals surface area contributed by atoms with Gasteiger partial charge in [-0.2, -0.15) is 0 Å². The zero-order valence-electron chi connectivity index (χ0n) is 18.8. The number of carbonyl (C=O) groups is 1. The van der Waals surface area contributed by atoms with Gasteiger partial charge in [-0.05, 0) is 53.8 Å². The topological polar surface area (TPSA) is 117 Å². The Kier molecular flexibility index (Phi) is 6.69. The summed E-state index contributed by atoms with van der Waals surface area (Å²) in [6.45, 7) is 6.75. The van der Waals surface area contributed by atoms with Crippen molar-refractivity contribution in [1.29, 1.82) is 0 Å². The van der Waals surface area contributed by atoms with E-state index in [0.717, 1.165) is 22.3 Å². The number of primary amides is 1. The summed E-state index contributed by atoms with van der Waals surface area (Å²) < 4.78 is 12.9. The summed E-state index contributed by atoms with van der Waals surface area (Å²) in [5, 5.41) is 10.2. The van der Waals surface area contributed by atoms with Crippen molar-refractivity contribution in [1.82, 2.24) is 14.8 Å². The average Bonchev–Trinajstić information content (AvgIpc) is 3.40. The van der Waals surface area contributed by atoms with E-state index in [9.17, 15) is 9.59 Å². The molecular formula is C24H26N4O4S. The van der Waals surface area contributed by atoms with Gasteiger partial charge in [0.15, 0.2) is 5.16 Å². The van der Waals surface area contributed by atoms with Gasteiger partial charge < -0.3 is 14.6 Å². The van der Waals surface area contributed by atoms with Crippen LogP contribution in [-0.2, 0) is 23.5 Å². The van der Waals surface area contributed by atoms with Crippen LogP contribution in [0.15, 0.2) is 55.4 Å². The summed E-state index contributed by atoms with van der Waals surface area (Å²) in [5.41, 5.74) is 8.72. The summed E-state index contributed by atoms with van der Waals surface area (Å²) >= 11 is 1.47. The Bertz CT molecular complexity index is 1340. The van der Waals surface area contributed by atoms with Crippen LogP contribution in [0.5, 0.6) is 0 Å². The number of rotatable bonds is 9. The van der Waals surface area contributed by atoms with E-state index in [1.165, 1.54) is 23.4 Å². The third-order valence-electron chi connectivity index (χ3n) is 5.48. The predicted molar refractivity (Wildman–Crippen MR) is 126 cm³/mol. The van der Waals surface area contributed by atoms with Crippen LogP contribution >= 0.6 is 11.8 Å². The van der Waals surface area contributed by atoms with E-state index < -0.39 is 5.91 Å². The number of thioether (sulfide) groups is 1. The largest absolute Gasteiger partial charge is 0.467 e. The summed E-state index contributed by atoms with van der Waals surface area (Å²) in [6, 6.07) is 9.27. The zero-order valence-corrected chi connectivity index (χ0v) is 19.6. The molecule has 172 valence electrons. The van der Waals surface area contributed by atoms with E-state index in [0.29, 0.717) is 41.2 Å². The smallest absolute Gasteiger partial charge is 0.336 e. The predicted octanol–water partition coefficient (Wildman–Crippen LogP) is 4.17. The van der Waals surface area contributed by atoms with Gasteiger partial charge >= 0.3 is 5.63 Å². The summed E-state index contributed by atoms with van der Waals surface area (Å²) in [6.07, 6.45) is 2.18. The molecule has 0 unspecified atom stereocenters. The lowest BCUT2D eigenvalue weighted by Gasteiger charge is -2.13. The van der Waals surface area contributed by atoms with Crippen molar-refractivity contribution in [2.75, 3.05) is 0 Å². The molecular weight excluding hydrogens is 440 g/mol. The van der Waals surface area contributed by atoms with Gasteiger partial charge in [-0.3, -0.25) is 9.36 Å². The number of furan rings is 1. The lowest BCUT2D eigenvalue weighted by atomic mass is 9.95. The lowest BCUT2D eigenvalue weighted by Crippen LogP contribution is -2.14. The number of hydrogen-bond donors (Lipinski definition) is 1. The van der Waals surface area contributed by atoms with Crippen molar-refractivity contribution >= 4 is 28.6 Å². The molecule has 0 radical (unpaired) electrons. The molecule has 0 atom stereocenters. The van der Waals surface area contributed by atoms with Gasteiger partial charge in [-0.1, -0.05) is 25.6 Å². The number of aryl methyl sites for hydroxylation is 2. The lowest BCUT2D eigenvalue weighted by molar-refractivity contribution is -0.118. The van der Waals surface area contributed by atoms with Crippen LogP contribution in [-0.4, -0.2) is 20.7 Å². The van der Waals surface area contributed by atoms with E-state index in [-0.39, 0.29) is 12.0 Å². The molecule has 0 spiro atoms. The Labute approximate surface area is 195 Å². The Morgan fingerprint density at radius 2 is 2.06 bits per heavy atom. The molecule has 8 nitrogen and oxygen atoms in total. The third-order valence-corrected chi connectivity index (χ3v) is 6.49. The van der Waals surface area contributed by atoms with E-state index >= 15 is 0 Å². The van der Waals surface area contributed by atoms with Gasteiger partial charge in [0.25, 0.3) is 0 Å². The molecule has 0 saturated carbocycles. The Morgan fingerprint density at radius 3 is 2.76 bits per heavy atom. The van der Waals surface area contributed by atoms with E-state index in [1.54, 1.807) is 6.26 Å². The van der Waals surface area contributed by atoms with Gasteiger partial charge in [-0.25, -0.2) is 4.79 Å². The SMILES string of the molecule is Cc1cc2oc(=O)cc(CSc3nnc(CCC(N)=O)n3Cc3ccco3)c2cc1C(C)C. The van der Waals surface area contributed by atoms with Gasteiger partial charge in [0.2, 0.25) is 5.91 Å². The van der Waals surface area contributed by atoms with Gasteiger partial charge in [0.1, 0.15) is 17.2 Å². The molecule has 0 saturated heterocycles. The van der Waals surface area contributed by atoms with Crippen molar-refractivity contribution in [2.24, 2.45) is 5.73 Å². The van der Waals surface area contributed by atoms with Crippen molar-refractivity contribution in [3.8, 4) is 0 Å². The first-order valence-electron chi connectivity index (χ1n) is 10.7. The summed E-state index contributed by atoms with van der Waals surface area (Å²) in [7, 11) is 0. The molecule has 3 aromatic heterocycles. The number of hydrogen-bond acceptors (Lipinski definition) is 7. The zero-order chi connectivity index (χ0) is 23.5. The minimum atomic E-state index is -0.393. The molecule has 4 rings (SSSR count). The molecule has 1 aromatic carbocycles. The molecule has 0 bridgehead atoms. The van der Waals surface area contributed by atoms with Crippen LogP contribution in [0.4, 0.5) is 0 Å². The highest BCUT2D eigenvalue weighted by Gasteiger charge is 2.17. The number of amides is 1. The van der Waals surface area contributed by atoms with Crippen LogP contribution in [0.2, 0.25) is 0 Å². The molecule has 3 heterocycles. The van der Waals surface area contributed by atoms with Crippen molar-refractivity contribution in [3.05, 3.63) is 75.3 Å². The van der Waals surface area contributed by atoms with Crippen molar-refractivity contribution < 1.29 is 13.6 Å². The van der Waals surface area contributed by atoms with Crippen molar-refractivity contribution in [3.63, 3.8) is 0 Å². The van der Waals surface area contributed by atoms with Crippen LogP contribution in [0.1, 0.15) is 54.5 Å². The van der Waals surface area contributed by atoms with E-state index in [4.69, 9.17) is 14.6 Å². The Hall–Kier alpha value is -3.33. The first-order chi connectivity index (χ1) is 15.8. The van der Waals surface area contributed by atoms with Crippen LogP contribution in [0, 0.1) is 6.92 Å². The third kappa shape index (κ3) is 5.19. The quantitative estimate of drug-likeness (QED) is 0.291. The highest BCUT2D eigenvalue weighted by Crippen LogP contribution is 2.30. The molecule has 0 aliphatic rings. The Balaban J connectivity index is 1.66. The molecule has 4 aromatic rings. The van der Waals surface area contributed by atoms with Crippen LogP contribution < -0.4 is 11.4 Å². The molecule has 0 aliphatic heterocycles. The van der Waals surface area contributed by atoms with Gasteiger partial charge in [0, 0.05) is 30.0 Å². The maximum absolute atomic E-state index is 12.2. The fourth-order valence-corrected chi connectivity index (χ4v) is 4.79. The van der Waals surface area contributed by atoms with Crippen LogP contribution in [0.25, 0.3) is 11.0 Å². The average molecular weight is 467 g/mol. The molecule has 33 heavy (non-hydrogen) atoms. The first-order valence-corrected chi connectivity index (χ1v) is 11.7. The number of carbonyl (C=O) groups excluding carboxylic acids is 1. The molecule has 0 fully saturated rings. The minimum absolute atomic E-state index is 0.183. The molecule has 9 heteroatoms. The normalized spacial score (nSPS) is 11.5. The molecule has 1 amide bonds. The fraction of sp³-hybridized carbons (Fsp3) is 0.333. The first kappa shape index (κ1) is 22.8. The number of aromatic nitrogens is 3. The van der Waals surface area contributed by atoms with Gasteiger partial charge in [-0.15, -0.1) is 10.2 Å². The molecule has 0 aliphatic carbocycles. The second-order valence-electron chi connectivity index (χ2n) is 8.27. The summed E-state index contributed by atoms with van der Waals surface area (Å²) in [4.78, 5) is 23.5. The fourth-order valence-electron chi connectivity index (χ4n) is 3.84. The van der Waals surface area contributed by atoms with Crippen LogP contribution in [0.3, 0.4) is 0 Å². The van der Waals surface area contributed by atoms with E-state index in [1.807, 2.05) is 29.7 Å². The monoisotopic (exact) mass is 466 g/mol. The standard InChI is InChI=1S/C24H26N4O4S/c1-14(2)18-11-19-16(10-23(30)32-20(19)9-15(18)3)13-33-24-27-26-22(7-6-21(25)29)28(24)12-17-5-4-8-31-17/h4-5,8-11,14H,6-7,12-13H2,1-3H3,(H2,25,29). The number of nitrogens with two attached hydrogens (primary N) is 1. The maximum atomic E-state index is 12.2. The number of fused-ring (bicyclic) bond motifs is 1. The molecule has 2 N–H and O–H groups in total. The minimum Gasteiger partial charge on any atom is -0.467 e. The van der Waals surface area contributed by atoms with Gasteiger partial charge in [0.05, 0.1) is 12.8 Å². The summed E-state index contributed by atoms with van der Waals surface area (Å²) in [5.74, 6) is 1.87.